The van der Waals surface area contributed by atoms with Crippen LogP contribution < -0.4 is 0 Å². The quantitative estimate of drug-likeness (QED) is 0.262. The fourth-order valence-electron chi connectivity index (χ4n) is 1.63. The molecule has 0 aliphatic heterocycles. The third-order valence-electron chi connectivity index (χ3n) is 3.86. The number of carbonyl (C=O) groups excluding carboxylic acids is 1. The number of esters is 1. The molecule has 0 aliphatic carbocycles. The molecule has 0 aromatic heterocycles. The number of halogens is 17. The van der Waals surface area contributed by atoms with Crippen LogP contribution in [0, 0.1) is 0 Å². The molecule has 0 bridgehead atoms. The third kappa shape index (κ3) is 3.92. The molecule has 0 fully saturated rings. The van der Waals surface area contributed by atoms with E-state index in [2.05, 4.69) is 4.74 Å². The molecule has 0 N–H and O–H groups in total. The molecular formula is C13H9F17O2. The van der Waals surface area contributed by atoms with Crippen LogP contribution in [0.4, 0.5) is 74.6 Å². The van der Waals surface area contributed by atoms with Crippen molar-refractivity contribution in [2.24, 2.45) is 0 Å². The number of hydrogen-bond donors (Lipinski definition) is 0. The maximum absolute atomic E-state index is 13.5. The summed E-state index contributed by atoms with van der Waals surface area (Å²) in [6.07, 6.45) is -10.1. The van der Waals surface area contributed by atoms with E-state index in [1.54, 1.807) is 0 Å². The molecule has 19 heteroatoms. The van der Waals surface area contributed by atoms with Crippen LogP contribution in [0.1, 0.15) is 20.3 Å². The SMILES string of the molecule is CC[C@@H](C)OC(=O)C(F)(F)C(F)(F)C(F)(F)C(F)(F)C(F)(F)C(F)(F)C(F)(F)C(F)(F)F. The van der Waals surface area contributed by atoms with Gasteiger partial charge in [-0.1, -0.05) is 6.92 Å². The van der Waals surface area contributed by atoms with Gasteiger partial charge in [-0.05, 0) is 13.3 Å². The molecule has 1 atom stereocenters. The Balaban J connectivity index is 6.69. The summed E-state index contributed by atoms with van der Waals surface area (Å²) in [7, 11) is 0. The van der Waals surface area contributed by atoms with Crippen molar-refractivity contribution in [3.8, 4) is 0 Å². The Kier molecular flexibility index (Phi) is 7.52. The molecule has 0 radical (unpaired) electrons. The third-order valence-corrected chi connectivity index (χ3v) is 3.86. The van der Waals surface area contributed by atoms with Crippen molar-refractivity contribution in [3.05, 3.63) is 0 Å². The molecule has 192 valence electrons. The van der Waals surface area contributed by atoms with Crippen molar-refractivity contribution in [1.82, 2.24) is 0 Å². The van der Waals surface area contributed by atoms with Crippen molar-refractivity contribution >= 4 is 5.97 Å². The average molecular weight is 520 g/mol. The molecule has 0 heterocycles. The van der Waals surface area contributed by atoms with Crippen LogP contribution in [-0.2, 0) is 9.53 Å². The van der Waals surface area contributed by atoms with Crippen molar-refractivity contribution in [3.63, 3.8) is 0 Å². The van der Waals surface area contributed by atoms with Crippen molar-refractivity contribution < 1.29 is 84.2 Å². The van der Waals surface area contributed by atoms with Gasteiger partial charge in [-0.2, -0.15) is 74.6 Å². The van der Waals surface area contributed by atoms with Gasteiger partial charge in [0, 0.05) is 0 Å². The summed E-state index contributed by atoms with van der Waals surface area (Å²) in [5.74, 6) is -61.8. The van der Waals surface area contributed by atoms with E-state index >= 15 is 0 Å². The lowest BCUT2D eigenvalue weighted by atomic mass is 9.89. The molecule has 0 rings (SSSR count). The fourth-order valence-corrected chi connectivity index (χ4v) is 1.63. The normalized spacial score (nSPS) is 16.7. The van der Waals surface area contributed by atoms with Crippen molar-refractivity contribution in [1.29, 1.82) is 0 Å². The molecule has 2 nitrogen and oxygen atoms in total. The molecule has 0 aliphatic rings. The van der Waals surface area contributed by atoms with E-state index in [9.17, 15) is 79.4 Å². The highest BCUT2D eigenvalue weighted by Gasteiger charge is 2.95. The summed E-state index contributed by atoms with van der Waals surface area (Å²) in [4.78, 5) is 11.0. The van der Waals surface area contributed by atoms with E-state index in [4.69, 9.17) is 0 Å². The lowest BCUT2D eigenvalue weighted by molar-refractivity contribution is -0.460. The van der Waals surface area contributed by atoms with E-state index in [0.29, 0.717) is 6.92 Å². The minimum absolute atomic E-state index is 0.489. The summed E-state index contributed by atoms with van der Waals surface area (Å²) < 4.78 is 224. The second-order valence-electron chi connectivity index (χ2n) is 6.14. The van der Waals surface area contributed by atoms with E-state index in [1.807, 2.05) is 0 Å². The monoisotopic (exact) mass is 520 g/mol. The van der Waals surface area contributed by atoms with Crippen molar-refractivity contribution in [2.45, 2.75) is 74.0 Å². The molecule has 0 unspecified atom stereocenters. The van der Waals surface area contributed by atoms with Gasteiger partial charge >= 0.3 is 53.6 Å². The second kappa shape index (κ2) is 7.95. The van der Waals surface area contributed by atoms with Crippen LogP contribution in [0.3, 0.4) is 0 Å². The van der Waals surface area contributed by atoms with Crippen molar-refractivity contribution in [2.75, 3.05) is 0 Å². The Morgan fingerprint density at radius 3 is 1.16 bits per heavy atom. The molecule has 0 spiro atoms. The standard InChI is InChI=1S/C13H9F17O2/c1-3-4(2)32-5(31)6(14,15)7(16,17)8(18,19)9(20,21)10(22,23)11(24,25)12(26,27)13(28,29)30/h4H,3H2,1-2H3/t4-/m1/s1. The highest BCUT2D eigenvalue weighted by molar-refractivity contribution is 5.79. The number of ether oxygens (including phenoxy) is 1. The zero-order valence-electron chi connectivity index (χ0n) is 15.0. The zero-order valence-corrected chi connectivity index (χ0v) is 15.0. The first-order valence-electron chi connectivity index (χ1n) is 7.55. The van der Waals surface area contributed by atoms with Gasteiger partial charge in [0.2, 0.25) is 0 Å². The van der Waals surface area contributed by atoms with E-state index in [-0.39, 0.29) is 0 Å². The number of hydrogen-bond acceptors (Lipinski definition) is 2. The number of carbonyl (C=O) groups is 1. The van der Waals surface area contributed by atoms with Crippen LogP contribution >= 0.6 is 0 Å². The van der Waals surface area contributed by atoms with Gasteiger partial charge in [-0.25, -0.2) is 4.79 Å². The van der Waals surface area contributed by atoms with Gasteiger partial charge in [-0.15, -0.1) is 0 Å². The molecule has 32 heavy (non-hydrogen) atoms. The molecule has 0 aromatic carbocycles. The summed E-state index contributed by atoms with van der Waals surface area (Å²) in [6.45, 7) is 1.67. The maximum atomic E-state index is 13.5. The first kappa shape index (κ1) is 30.3. The first-order valence-corrected chi connectivity index (χ1v) is 7.55. The van der Waals surface area contributed by atoms with Gasteiger partial charge in [-0.3, -0.25) is 0 Å². The van der Waals surface area contributed by atoms with Crippen LogP contribution in [-0.4, -0.2) is 59.7 Å². The van der Waals surface area contributed by atoms with E-state index in [0.717, 1.165) is 6.92 Å². The van der Waals surface area contributed by atoms with Gasteiger partial charge in [0.25, 0.3) is 0 Å². The summed E-state index contributed by atoms with van der Waals surface area (Å²) in [5, 5.41) is 0. The van der Waals surface area contributed by atoms with E-state index in [1.165, 1.54) is 0 Å². The molecule has 0 amide bonds. The topological polar surface area (TPSA) is 26.3 Å². The second-order valence-corrected chi connectivity index (χ2v) is 6.14. The summed E-state index contributed by atoms with van der Waals surface area (Å²) in [5.41, 5.74) is 0. The van der Waals surface area contributed by atoms with Gasteiger partial charge in [0.1, 0.15) is 0 Å². The highest BCUT2D eigenvalue weighted by atomic mass is 19.4. The average Bonchev–Trinajstić information content (AvgIpc) is 2.59. The molecule has 0 saturated heterocycles. The summed E-state index contributed by atoms with van der Waals surface area (Å²) in [6, 6.07) is 0. The summed E-state index contributed by atoms with van der Waals surface area (Å²) >= 11 is 0. The molecule has 0 aromatic rings. The molecule has 0 saturated carbocycles. The van der Waals surface area contributed by atoms with Crippen LogP contribution in [0.2, 0.25) is 0 Å². The smallest absolute Gasteiger partial charge is 0.458 e. The van der Waals surface area contributed by atoms with Crippen LogP contribution in [0.25, 0.3) is 0 Å². The van der Waals surface area contributed by atoms with Gasteiger partial charge in [0.15, 0.2) is 0 Å². The number of rotatable bonds is 9. The molecular weight excluding hydrogens is 511 g/mol. The van der Waals surface area contributed by atoms with Crippen LogP contribution in [0.5, 0.6) is 0 Å². The zero-order chi connectivity index (χ0) is 26.6. The predicted molar refractivity (Wildman–Crippen MR) is 66.5 cm³/mol. The minimum atomic E-state index is -8.73. The Hall–Kier alpha value is -1.72. The lowest BCUT2D eigenvalue weighted by Gasteiger charge is -2.42. The Morgan fingerprint density at radius 2 is 0.875 bits per heavy atom. The van der Waals surface area contributed by atoms with Gasteiger partial charge < -0.3 is 4.74 Å². The fraction of sp³-hybridized carbons (Fsp3) is 0.923. The largest absolute Gasteiger partial charge is 0.460 e. The van der Waals surface area contributed by atoms with Gasteiger partial charge in [0.05, 0.1) is 6.10 Å². The highest BCUT2D eigenvalue weighted by Crippen LogP contribution is 2.64. The Labute approximate surface area is 165 Å². The Morgan fingerprint density at radius 1 is 0.594 bits per heavy atom. The lowest BCUT2D eigenvalue weighted by Crippen LogP contribution is -2.75. The Bertz CT molecular complexity index is 693. The minimum Gasteiger partial charge on any atom is -0.458 e. The first-order chi connectivity index (χ1) is 13.6. The maximum Gasteiger partial charge on any atom is 0.460 e. The van der Waals surface area contributed by atoms with E-state index < -0.39 is 66.1 Å². The van der Waals surface area contributed by atoms with Crippen LogP contribution in [0.15, 0.2) is 0 Å². The predicted octanol–water partition coefficient (Wildman–Crippen LogP) is 6.34. The number of alkyl halides is 17.